The van der Waals surface area contributed by atoms with Crippen LogP contribution in [0.3, 0.4) is 0 Å². The van der Waals surface area contributed by atoms with Gasteiger partial charge in [-0.3, -0.25) is 0 Å². The summed E-state index contributed by atoms with van der Waals surface area (Å²) in [5.74, 6) is 0.559. The van der Waals surface area contributed by atoms with E-state index in [0.29, 0.717) is 5.92 Å². The normalized spacial score (nSPS) is 18.1. The number of hydrogen-bond donors (Lipinski definition) is 1. The Morgan fingerprint density at radius 2 is 2.12 bits per heavy atom. The maximum Gasteiger partial charge on any atom is 0.167 e. The first-order valence-electron chi connectivity index (χ1n) is 5.92. The number of benzene rings is 1. The Labute approximate surface area is 94.8 Å². The second-order valence-corrected chi connectivity index (χ2v) is 4.54. The molecule has 3 heteroatoms. The van der Waals surface area contributed by atoms with Crippen LogP contribution >= 0.6 is 0 Å². The summed E-state index contributed by atoms with van der Waals surface area (Å²) in [6.07, 6.45) is 2.33. The monoisotopic (exact) mass is 216 g/mol. The van der Waals surface area contributed by atoms with Gasteiger partial charge in [-0.15, -0.1) is 0 Å². The van der Waals surface area contributed by atoms with Crippen molar-refractivity contribution in [1.29, 1.82) is 0 Å². The van der Waals surface area contributed by atoms with Crippen molar-refractivity contribution in [3.63, 3.8) is 0 Å². The van der Waals surface area contributed by atoms with Crippen molar-refractivity contribution in [3.8, 4) is 0 Å². The Balaban J connectivity index is 2.09. The Hall–Kier alpha value is -1.35. The molecular formula is C13H16N2O. The molecule has 0 atom stereocenters. The molecule has 0 spiro atoms. The lowest BCUT2D eigenvalue weighted by Gasteiger charge is -2.20. The summed E-state index contributed by atoms with van der Waals surface area (Å²) in [6, 6.07) is 6.15. The fraction of sp³-hybridized carbons (Fsp3) is 0.462. The maximum atomic E-state index is 5.41. The van der Waals surface area contributed by atoms with Gasteiger partial charge in [-0.05, 0) is 44.5 Å². The molecular weight excluding hydrogens is 200 g/mol. The molecule has 0 radical (unpaired) electrons. The lowest BCUT2D eigenvalue weighted by molar-refractivity contribution is 0.404. The SMILES string of the molecule is Cc1cccc2onc(C3CCNCC3)c12. The van der Waals surface area contributed by atoms with Crippen molar-refractivity contribution in [2.75, 3.05) is 13.1 Å². The van der Waals surface area contributed by atoms with Crippen LogP contribution in [0.15, 0.2) is 22.7 Å². The number of aryl methyl sites for hydroxylation is 1. The molecule has 1 aliphatic heterocycles. The molecule has 2 aromatic rings. The molecule has 2 heterocycles. The lowest BCUT2D eigenvalue weighted by atomic mass is 9.91. The number of hydrogen-bond acceptors (Lipinski definition) is 3. The largest absolute Gasteiger partial charge is 0.356 e. The highest BCUT2D eigenvalue weighted by molar-refractivity contribution is 5.83. The summed E-state index contributed by atoms with van der Waals surface area (Å²) in [6.45, 7) is 4.31. The number of nitrogens with one attached hydrogen (secondary N) is 1. The van der Waals surface area contributed by atoms with Gasteiger partial charge in [-0.2, -0.15) is 0 Å². The zero-order chi connectivity index (χ0) is 11.0. The van der Waals surface area contributed by atoms with E-state index in [4.69, 9.17) is 4.52 Å². The average Bonchev–Trinajstić information content (AvgIpc) is 2.75. The second-order valence-electron chi connectivity index (χ2n) is 4.54. The molecule has 16 heavy (non-hydrogen) atoms. The predicted molar refractivity (Wildman–Crippen MR) is 63.6 cm³/mol. The van der Waals surface area contributed by atoms with E-state index in [9.17, 15) is 0 Å². The molecule has 0 saturated carbocycles. The first kappa shape index (κ1) is 9.85. The summed E-state index contributed by atoms with van der Waals surface area (Å²) >= 11 is 0. The standard InChI is InChI=1S/C13H16N2O/c1-9-3-2-4-11-12(9)13(15-16-11)10-5-7-14-8-6-10/h2-4,10,14H,5-8H2,1H3. The molecule has 1 fully saturated rings. The zero-order valence-corrected chi connectivity index (χ0v) is 9.49. The lowest BCUT2D eigenvalue weighted by Crippen LogP contribution is -2.26. The molecule has 0 amide bonds. The highest BCUT2D eigenvalue weighted by Gasteiger charge is 2.22. The quantitative estimate of drug-likeness (QED) is 0.796. The van der Waals surface area contributed by atoms with E-state index in [1.54, 1.807) is 0 Å². The van der Waals surface area contributed by atoms with E-state index >= 15 is 0 Å². The Morgan fingerprint density at radius 1 is 1.31 bits per heavy atom. The second kappa shape index (κ2) is 3.91. The minimum Gasteiger partial charge on any atom is -0.356 e. The van der Waals surface area contributed by atoms with Gasteiger partial charge < -0.3 is 9.84 Å². The molecule has 0 unspecified atom stereocenters. The topological polar surface area (TPSA) is 38.1 Å². The third-order valence-electron chi connectivity index (χ3n) is 3.46. The van der Waals surface area contributed by atoms with Gasteiger partial charge in [-0.1, -0.05) is 17.3 Å². The minimum atomic E-state index is 0.559. The Morgan fingerprint density at radius 3 is 2.94 bits per heavy atom. The highest BCUT2D eigenvalue weighted by atomic mass is 16.5. The highest BCUT2D eigenvalue weighted by Crippen LogP contribution is 2.32. The number of fused-ring (bicyclic) bond motifs is 1. The number of aromatic nitrogens is 1. The van der Waals surface area contributed by atoms with Gasteiger partial charge >= 0.3 is 0 Å². The van der Waals surface area contributed by atoms with Crippen LogP contribution in [-0.4, -0.2) is 18.2 Å². The first-order chi connectivity index (χ1) is 7.86. The van der Waals surface area contributed by atoms with Crippen molar-refractivity contribution in [2.45, 2.75) is 25.7 Å². The van der Waals surface area contributed by atoms with Gasteiger partial charge in [0.1, 0.15) is 0 Å². The van der Waals surface area contributed by atoms with E-state index in [1.807, 2.05) is 12.1 Å². The van der Waals surface area contributed by atoms with Crippen molar-refractivity contribution in [3.05, 3.63) is 29.5 Å². The van der Waals surface area contributed by atoms with Crippen molar-refractivity contribution < 1.29 is 4.52 Å². The fourth-order valence-electron chi connectivity index (χ4n) is 2.56. The third-order valence-corrected chi connectivity index (χ3v) is 3.46. The first-order valence-corrected chi connectivity index (χ1v) is 5.92. The maximum absolute atomic E-state index is 5.41. The van der Waals surface area contributed by atoms with Gasteiger partial charge in [0.15, 0.2) is 5.58 Å². The number of piperidine rings is 1. The summed E-state index contributed by atoms with van der Waals surface area (Å²) in [5, 5.41) is 8.89. The zero-order valence-electron chi connectivity index (χ0n) is 9.49. The average molecular weight is 216 g/mol. The molecule has 3 rings (SSSR count). The Bertz CT molecular complexity index is 498. The minimum absolute atomic E-state index is 0.559. The summed E-state index contributed by atoms with van der Waals surface area (Å²) < 4.78 is 5.41. The van der Waals surface area contributed by atoms with Crippen LogP contribution in [0.1, 0.15) is 30.0 Å². The van der Waals surface area contributed by atoms with Crippen LogP contribution in [0.4, 0.5) is 0 Å². The van der Waals surface area contributed by atoms with E-state index in [0.717, 1.165) is 37.2 Å². The van der Waals surface area contributed by atoms with Crippen molar-refractivity contribution >= 4 is 11.0 Å². The molecule has 3 nitrogen and oxygen atoms in total. The summed E-state index contributed by atoms with van der Waals surface area (Å²) in [4.78, 5) is 0. The molecule has 1 aliphatic rings. The molecule has 1 N–H and O–H groups in total. The van der Waals surface area contributed by atoms with Crippen LogP contribution in [0.2, 0.25) is 0 Å². The molecule has 0 aliphatic carbocycles. The van der Waals surface area contributed by atoms with Crippen LogP contribution in [-0.2, 0) is 0 Å². The van der Waals surface area contributed by atoms with Gasteiger partial charge in [0.05, 0.1) is 5.69 Å². The predicted octanol–water partition coefficient (Wildman–Crippen LogP) is 2.60. The summed E-state index contributed by atoms with van der Waals surface area (Å²) in [7, 11) is 0. The van der Waals surface area contributed by atoms with Crippen LogP contribution < -0.4 is 5.32 Å². The molecule has 1 aromatic heterocycles. The third kappa shape index (κ3) is 1.52. The van der Waals surface area contributed by atoms with E-state index in [-0.39, 0.29) is 0 Å². The van der Waals surface area contributed by atoms with Crippen LogP contribution in [0.5, 0.6) is 0 Å². The molecule has 1 aromatic carbocycles. The van der Waals surface area contributed by atoms with Gasteiger partial charge in [0, 0.05) is 11.3 Å². The Kier molecular flexibility index (Phi) is 2.40. The van der Waals surface area contributed by atoms with Gasteiger partial charge in [-0.25, -0.2) is 0 Å². The van der Waals surface area contributed by atoms with Crippen molar-refractivity contribution in [2.24, 2.45) is 0 Å². The van der Waals surface area contributed by atoms with Gasteiger partial charge in [0.25, 0.3) is 0 Å². The van der Waals surface area contributed by atoms with Crippen LogP contribution in [0, 0.1) is 6.92 Å². The molecule has 0 bridgehead atoms. The fourth-order valence-corrected chi connectivity index (χ4v) is 2.56. The van der Waals surface area contributed by atoms with E-state index < -0.39 is 0 Å². The van der Waals surface area contributed by atoms with E-state index in [2.05, 4.69) is 23.5 Å². The molecule has 84 valence electrons. The number of rotatable bonds is 1. The summed E-state index contributed by atoms with van der Waals surface area (Å²) in [5.41, 5.74) is 3.36. The van der Waals surface area contributed by atoms with E-state index in [1.165, 1.54) is 10.9 Å². The van der Waals surface area contributed by atoms with Crippen molar-refractivity contribution in [1.82, 2.24) is 10.5 Å². The number of nitrogens with zero attached hydrogens (tertiary/aromatic N) is 1. The van der Waals surface area contributed by atoms with Crippen LogP contribution in [0.25, 0.3) is 11.0 Å². The molecule has 1 saturated heterocycles. The smallest absolute Gasteiger partial charge is 0.167 e. The van der Waals surface area contributed by atoms with Gasteiger partial charge in [0.2, 0.25) is 0 Å².